The van der Waals surface area contributed by atoms with Gasteiger partial charge in [-0.25, -0.2) is 4.79 Å². The lowest BCUT2D eigenvalue weighted by Gasteiger charge is -2.37. The zero-order chi connectivity index (χ0) is 25.6. The fourth-order valence-electron chi connectivity index (χ4n) is 4.25. The zero-order valence-corrected chi connectivity index (χ0v) is 20.2. The minimum atomic E-state index is -1.51. The molecule has 0 aromatic heterocycles. The fourth-order valence-corrected chi connectivity index (χ4v) is 4.25. The third-order valence-corrected chi connectivity index (χ3v) is 5.98. The maximum atomic E-state index is 9.53. The fraction of sp³-hybridized carbons (Fsp3) is 0.200. The predicted molar refractivity (Wildman–Crippen MR) is 139 cm³/mol. The third kappa shape index (κ3) is 8.98. The number of piperazine rings is 1. The molecule has 4 rings (SSSR count). The molecular formula is C30H32N2O4. The highest BCUT2D eigenvalue weighted by Crippen LogP contribution is 2.28. The summed E-state index contributed by atoms with van der Waals surface area (Å²) in [5.41, 5.74) is 4.07. The maximum absolute atomic E-state index is 9.53. The lowest BCUT2D eigenvalue weighted by molar-refractivity contribution is -0.898. The van der Waals surface area contributed by atoms with Gasteiger partial charge in [-0.3, -0.25) is 4.90 Å². The Kier molecular flexibility index (Phi) is 10.6. The van der Waals surface area contributed by atoms with E-state index in [1.54, 1.807) is 4.90 Å². The van der Waals surface area contributed by atoms with Crippen LogP contribution in [0.25, 0.3) is 6.08 Å². The second kappa shape index (κ2) is 14.4. The normalized spacial score (nSPS) is 14.6. The number of benzene rings is 3. The van der Waals surface area contributed by atoms with E-state index < -0.39 is 11.9 Å². The van der Waals surface area contributed by atoms with Crippen LogP contribution >= 0.6 is 0 Å². The van der Waals surface area contributed by atoms with Gasteiger partial charge in [0.15, 0.2) is 0 Å². The summed E-state index contributed by atoms with van der Waals surface area (Å²) >= 11 is 0. The first-order valence-electron chi connectivity index (χ1n) is 12.0. The largest absolute Gasteiger partial charge is 0.545 e. The van der Waals surface area contributed by atoms with Crippen LogP contribution in [0.4, 0.5) is 0 Å². The van der Waals surface area contributed by atoms with Crippen LogP contribution in [0.3, 0.4) is 0 Å². The number of carbonyl (C=O) groups excluding carboxylic acids is 1. The lowest BCUT2D eigenvalue weighted by atomic mass is 9.96. The van der Waals surface area contributed by atoms with Gasteiger partial charge in [-0.05, 0) is 28.8 Å². The van der Waals surface area contributed by atoms with Gasteiger partial charge in [0.2, 0.25) is 0 Å². The van der Waals surface area contributed by atoms with Gasteiger partial charge in [0.1, 0.15) is 0 Å². The average Bonchev–Trinajstić information content (AvgIpc) is 2.91. The summed E-state index contributed by atoms with van der Waals surface area (Å²) < 4.78 is 0. The molecule has 1 saturated heterocycles. The van der Waals surface area contributed by atoms with Crippen molar-refractivity contribution in [1.82, 2.24) is 4.90 Å². The van der Waals surface area contributed by atoms with Crippen molar-refractivity contribution in [3.8, 4) is 0 Å². The van der Waals surface area contributed by atoms with Crippen LogP contribution in [-0.4, -0.2) is 54.7 Å². The number of nitrogens with zero attached hydrogens (tertiary/aromatic N) is 1. The highest BCUT2D eigenvalue weighted by Gasteiger charge is 2.27. The summed E-state index contributed by atoms with van der Waals surface area (Å²) in [6.45, 7) is 5.74. The van der Waals surface area contributed by atoms with Crippen LogP contribution in [0.1, 0.15) is 22.7 Å². The molecule has 0 spiro atoms. The summed E-state index contributed by atoms with van der Waals surface area (Å²) in [4.78, 5) is 23.3. The van der Waals surface area contributed by atoms with E-state index in [9.17, 15) is 14.7 Å². The van der Waals surface area contributed by atoms with Crippen LogP contribution in [-0.2, 0) is 9.59 Å². The molecule has 0 unspecified atom stereocenters. The van der Waals surface area contributed by atoms with Crippen molar-refractivity contribution in [3.05, 3.63) is 126 Å². The molecule has 1 fully saturated rings. The minimum Gasteiger partial charge on any atom is -0.545 e. The molecule has 0 saturated carbocycles. The number of aliphatic carboxylic acids is 2. The molecule has 0 amide bonds. The van der Waals surface area contributed by atoms with Gasteiger partial charge in [0.05, 0.1) is 31.6 Å². The quantitative estimate of drug-likeness (QED) is 0.478. The average molecular weight is 485 g/mol. The number of quaternary nitrogens is 1. The molecule has 6 heteroatoms. The van der Waals surface area contributed by atoms with Gasteiger partial charge in [-0.1, -0.05) is 97.1 Å². The monoisotopic (exact) mass is 484 g/mol. The molecule has 0 radical (unpaired) electrons. The van der Waals surface area contributed by atoms with Gasteiger partial charge in [-0.15, -0.1) is 0 Å². The van der Waals surface area contributed by atoms with Crippen molar-refractivity contribution in [1.29, 1.82) is 0 Å². The molecule has 1 aliphatic rings. The summed E-state index contributed by atoms with van der Waals surface area (Å²) in [5, 5.41) is 17.2. The molecule has 3 aromatic carbocycles. The van der Waals surface area contributed by atoms with Crippen molar-refractivity contribution < 1.29 is 24.7 Å². The molecule has 36 heavy (non-hydrogen) atoms. The standard InChI is InChI=1S/C26H28N2.C4H4O4/c1-4-11-23(12-5-1)13-10-18-27-19-21-28(22-20-27)26(24-14-6-2-7-15-24)25-16-8-3-9-17-25;5-3(6)1-2-4(7)8/h1-17,26H,18-22H2;1-2H,(H,5,6)(H,7,8)/b13-10+;2-1+. The predicted octanol–water partition coefficient (Wildman–Crippen LogP) is 2.07. The summed E-state index contributed by atoms with van der Waals surface area (Å²) in [6, 6.07) is 32.8. The van der Waals surface area contributed by atoms with Crippen LogP contribution < -0.4 is 10.0 Å². The van der Waals surface area contributed by atoms with Crippen molar-refractivity contribution >= 4 is 18.0 Å². The molecule has 1 heterocycles. The SMILES string of the molecule is C(=C\c1ccccc1)/C[NH+]1CCN(C(c2ccccc2)c2ccccc2)CC1.O=C([O-])/C=C/C(=O)O. The Balaban J connectivity index is 0.000000392. The summed E-state index contributed by atoms with van der Waals surface area (Å²) in [7, 11) is 0. The Morgan fingerprint density at radius 1 is 0.833 bits per heavy atom. The number of nitrogens with one attached hydrogen (secondary N) is 1. The molecule has 186 valence electrons. The maximum Gasteiger partial charge on any atom is 0.328 e. The van der Waals surface area contributed by atoms with Crippen molar-refractivity contribution in [3.63, 3.8) is 0 Å². The smallest absolute Gasteiger partial charge is 0.328 e. The van der Waals surface area contributed by atoms with Crippen LogP contribution in [0.15, 0.2) is 109 Å². The van der Waals surface area contributed by atoms with Crippen LogP contribution in [0, 0.1) is 0 Å². The first-order valence-corrected chi connectivity index (χ1v) is 12.0. The number of hydrogen-bond acceptors (Lipinski definition) is 4. The second-order valence-corrected chi connectivity index (χ2v) is 8.52. The first kappa shape index (κ1) is 26.6. The molecule has 0 aliphatic carbocycles. The Morgan fingerprint density at radius 3 is 1.78 bits per heavy atom. The topological polar surface area (TPSA) is 85.1 Å². The van der Waals surface area contributed by atoms with E-state index >= 15 is 0 Å². The van der Waals surface area contributed by atoms with E-state index in [4.69, 9.17) is 5.11 Å². The van der Waals surface area contributed by atoms with Gasteiger partial charge in [0, 0.05) is 19.2 Å². The van der Waals surface area contributed by atoms with E-state index in [-0.39, 0.29) is 0 Å². The van der Waals surface area contributed by atoms with E-state index in [1.165, 1.54) is 29.8 Å². The van der Waals surface area contributed by atoms with Crippen molar-refractivity contribution in [2.75, 3.05) is 32.7 Å². The Hall–Kier alpha value is -4.00. The summed E-state index contributed by atoms with van der Waals surface area (Å²) in [6.07, 6.45) is 5.51. The molecule has 3 aromatic rings. The number of carboxylic acid groups (broad SMARTS) is 2. The van der Waals surface area contributed by atoms with Gasteiger partial charge in [0.25, 0.3) is 0 Å². The Labute approximate surface area is 212 Å². The highest BCUT2D eigenvalue weighted by atomic mass is 16.4. The number of carbonyl (C=O) groups is 2. The summed E-state index contributed by atoms with van der Waals surface area (Å²) in [5.74, 6) is -2.80. The van der Waals surface area contributed by atoms with Crippen LogP contribution in [0.5, 0.6) is 0 Å². The number of rotatable bonds is 8. The third-order valence-electron chi connectivity index (χ3n) is 5.98. The van der Waals surface area contributed by atoms with E-state index in [0.717, 1.165) is 19.6 Å². The molecular weight excluding hydrogens is 452 g/mol. The van der Waals surface area contributed by atoms with E-state index in [2.05, 4.69) is 108 Å². The number of hydrogen-bond donors (Lipinski definition) is 2. The first-order chi connectivity index (χ1) is 17.5. The van der Waals surface area contributed by atoms with Gasteiger partial charge >= 0.3 is 5.97 Å². The molecule has 1 aliphatic heterocycles. The van der Waals surface area contributed by atoms with Crippen molar-refractivity contribution in [2.24, 2.45) is 0 Å². The molecule has 2 N–H and O–H groups in total. The Morgan fingerprint density at radius 2 is 1.33 bits per heavy atom. The zero-order valence-electron chi connectivity index (χ0n) is 20.2. The van der Waals surface area contributed by atoms with E-state index in [0.29, 0.717) is 18.2 Å². The van der Waals surface area contributed by atoms with Gasteiger partial charge in [-0.2, -0.15) is 0 Å². The Bertz CT molecular complexity index is 1070. The van der Waals surface area contributed by atoms with Crippen molar-refractivity contribution in [2.45, 2.75) is 6.04 Å². The highest BCUT2D eigenvalue weighted by molar-refractivity contribution is 5.88. The van der Waals surface area contributed by atoms with E-state index in [1.807, 2.05) is 0 Å². The molecule has 6 nitrogen and oxygen atoms in total. The van der Waals surface area contributed by atoms with Crippen LogP contribution in [0.2, 0.25) is 0 Å². The second-order valence-electron chi connectivity index (χ2n) is 8.52. The van der Waals surface area contributed by atoms with Gasteiger partial charge < -0.3 is 19.9 Å². The number of carboxylic acids is 2. The lowest BCUT2D eigenvalue weighted by Crippen LogP contribution is -3.14. The minimum absolute atomic E-state index is 0.351. The molecule has 0 bridgehead atoms. The molecule has 0 atom stereocenters.